The fourth-order valence-electron chi connectivity index (χ4n) is 9.41. The Bertz CT molecular complexity index is 805. The highest BCUT2D eigenvalue weighted by Gasteiger charge is 2.62. The summed E-state index contributed by atoms with van der Waals surface area (Å²) in [6, 6.07) is 0. The summed E-state index contributed by atoms with van der Waals surface area (Å²) in [6.07, 6.45) is 16.9. The molecule has 6 aliphatic rings. The second-order valence-corrected chi connectivity index (χ2v) is 12.6. The molecule has 0 aromatic heterocycles. The van der Waals surface area contributed by atoms with Crippen LogP contribution in [0.3, 0.4) is 0 Å². The van der Waals surface area contributed by atoms with Crippen molar-refractivity contribution >= 4 is 0 Å². The molecule has 4 nitrogen and oxygen atoms in total. The van der Waals surface area contributed by atoms with E-state index in [1.807, 2.05) is 0 Å². The number of fused-ring (bicyclic) bond motifs is 5. The number of hydrogen-bond donors (Lipinski definition) is 1. The molecule has 0 spiro atoms. The maximum absolute atomic E-state index is 12.2. The fraction of sp³-hybridized carbons (Fsp3) is 0.862. The zero-order valence-electron chi connectivity index (χ0n) is 20.8. The summed E-state index contributed by atoms with van der Waals surface area (Å²) >= 11 is 0. The van der Waals surface area contributed by atoms with Crippen molar-refractivity contribution in [1.29, 1.82) is 0 Å². The van der Waals surface area contributed by atoms with Gasteiger partial charge in [0.25, 0.3) is 0 Å². The van der Waals surface area contributed by atoms with Crippen LogP contribution in [0.15, 0.2) is 24.0 Å². The fourth-order valence-corrected chi connectivity index (χ4v) is 9.41. The summed E-state index contributed by atoms with van der Waals surface area (Å²) < 4.78 is 18.3. The van der Waals surface area contributed by atoms with Crippen LogP contribution in [0, 0.1) is 35.0 Å². The average Bonchev–Trinajstić information content (AvgIpc) is 3.37. The number of allylic oxidation sites excluding steroid dienone is 1. The summed E-state index contributed by atoms with van der Waals surface area (Å²) in [5.41, 5.74) is 1.26. The molecule has 0 bridgehead atoms. The van der Waals surface area contributed by atoms with E-state index in [-0.39, 0.29) is 6.29 Å². The molecule has 2 heterocycles. The Kier molecular flexibility index (Phi) is 5.74. The van der Waals surface area contributed by atoms with E-state index in [9.17, 15) is 5.11 Å². The molecule has 0 radical (unpaired) electrons. The standard InChI is InChI=1S/C29H44O4/c1-18-5-4-6-27(32-18)33-22-11-13-28(3)21(16-22)7-8-26-25(28)10-9-24-23(12-14-29(24,26)30)20-15-19(2)31-17-20/h15,18,21-27,30H,2,4-14,16-17H2,1,3H3. The first kappa shape index (κ1) is 22.6. The third-order valence-corrected chi connectivity index (χ3v) is 11.1. The van der Waals surface area contributed by atoms with Gasteiger partial charge in [0.05, 0.1) is 17.8 Å². The lowest BCUT2D eigenvalue weighted by Gasteiger charge is -2.61. The quantitative estimate of drug-likeness (QED) is 0.518. The molecule has 0 amide bonds. The number of ether oxygens (including phenoxy) is 3. The lowest BCUT2D eigenvalue weighted by molar-refractivity contribution is -0.233. The van der Waals surface area contributed by atoms with Crippen molar-refractivity contribution in [2.24, 2.45) is 35.0 Å². The van der Waals surface area contributed by atoms with Crippen LogP contribution in [0.1, 0.15) is 90.9 Å². The van der Waals surface area contributed by atoms with Gasteiger partial charge in [-0.3, -0.25) is 0 Å². The van der Waals surface area contributed by atoms with Gasteiger partial charge in [0.1, 0.15) is 12.4 Å². The average molecular weight is 457 g/mol. The molecular weight excluding hydrogens is 412 g/mol. The van der Waals surface area contributed by atoms with Gasteiger partial charge < -0.3 is 19.3 Å². The van der Waals surface area contributed by atoms with Crippen molar-refractivity contribution < 1.29 is 19.3 Å². The first-order chi connectivity index (χ1) is 15.9. The van der Waals surface area contributed by atoms with E-state index in [0.717, 1.165) is 43.8 Å². The molecule has 0 aromatic carbocycles. The third-order valence-electron chi connectivity index (χ3n) is 11.1. The van der Waals surface area contributed by atoms with Gasteiger partial charge in [-0.05, 0) is 131 Å². The van der Waals surface area contributed by atoms with Crippen molar-refractivity contribution in [1.82, 2.24) is 0 Å². The van der Waals surface area contributed by atoms with Gasteiger partial charge in [0.2, 0.25) is 0 Å². The Balaban J connectivity index is 1.15. The van der Waals surface area contributed by atoms with Gasteiger partial charge in [-0.1, -0.05) is 13.5 Å². The van der Waals surface area contributed by atoms with E-state index < -0.39 is 5.60 Å². The summed E-state index contributed by atoms with van der Waals surface area (Å²) in [7, 11) is 0. The smallest absolute Gasteiger partial charge is 0.158 e. The van der Waals surface area contributed by atoms with Gasteiger partial charge >= 0.3 is 0 Å². The van der Waals surface area contributed by atoms with Crippen LogP contribution < -0.4 is 0 Å². The SMILES string of the molecule is C=C1C=C(C2CCC3(O)C2CCC2C3CCC3CC(OC4CCCC(C)O4)CCC32C)CO1. The van der Waals surface area contributed by atoms with Gasteiger partial charge in [-0.25, -0.2) is 0 Å². The van der Waals surface area contributed by atoms with E-state index >= 15 is 0 Å². The molecular formula is C29H44O4. The Morgan fingerprint density at radius 3 is 2.61 bits per heavy atom. The number of hydrogen-bond acceptors (Lipinski definition) is 4. The van der Waals surface area contributed by atoms with Gasteiger partial charge in [-0.15, -0.1) is 0 Å². The van der Waals surface area contributed by atoms with Crippen LogP contribution >= 0.6 is 0 Å². The molecule has 33 heavy (non-hydrogen) atoms. The van der Waals surface area contributed by atoms with Crippen LogP contribution in [0.5, 0.6) is 0 Å². The summed E-state index contributed by atoms with van der Waals surface area (Å²) in [5.74, 6) is 3.55. The first-order valence-electron chi connectivity index (χ1n) is 13.9. The van der Waals surface area contributed by atoms with E-state index in [0.29, 0.717) is 47.9 Å². The van der Waals surface area contributed by atoms with Crippen LogP contribution in [-0.2, 0) is 14.2 Å². The van der Waals surface area contributed by atoms with Gasteiger partial charge in [0.15, 0.2) is 6.29 Å². The van der Waals surface area contributed by atoms with Crippen LogP contribution in [-0.4, -0.2) is 35.8 Å². The second kappa shape index (κ2) is 8.38. The highest BCUT2D eigenvalue weighted by Crippen LogP contribution is 2.66. The van der Waals surface area contributed by atoms with Gasteiger partial charge in [-0.2, -0.15) is 0 Å². The Morgan fingerprint density at radius 1 is 1.00 bits per heavy atom. The molecule has 10 unspecified atom stereocenters. The maximum atomic E-state index is 12.2. The molecule has 4 aliphatic carbocycles. The molecule has 4 heteroatoms. The molecule has 4 saturated carbocycles. The number of aliphatic hydroxyl groups is 1. The predicted octanol–water partition coefficient (Wildman–Crippen LogP) is 6.14. The lowest BCUT2D eigenvalue weighted by atomic mass is 9.46. The molecule has 6 rings (SSSR count). The third kappa shape index (κ3) is 3.74. The summed E-state index contributed by atoms with van der Waals surface area (Å²) in [5, 5.41) is 12.2. The minimum absolute atomic E-state index is 0.0102. The van der Waals surface area contributed by atoms with Crippen LogP contribution in [0.4, 0.5) is 0 Å². The minimum Gasteiger partial charge on any atom is -0.490 e. The highest BCUT2D eigenvalue weighted by molar-refractivity contribution is 5.28. The van der Waals surface area contributed by atoms with E-state index in [4.69, 9.17) is 14.2 Å². The zero-order chi connectivity index (χ0) is 22.8. The van der Waals surface area contributed by atoms with Crippen molar-refractivity contribution in [2.75, 3.05) is 6.61 Å². The molecule has 1 saturated heterocycles. The largest absolute Gasteiger partial charge is 0.490 e. The Morgan fingerprint density at radius 2 is 1.82 bits per heavy atom. The minimum atomic E-state index is -0.480. The van der Waals surface area contributed by atoms with Crippen molar-refractivity contribution in [2.45, 2.75) is 115 Å². The molecule has 1 N–H and O–H groups in total. The topological polar surface area (TPSA) is 47.9 Å². The molecule has 10 atom stereocenters. The lowest BCUT2D eigenvalue weighted by Crippen LogP contribution is -2.59. The zero-order valence-corrected chi connectivity index (χ0v) is 20.8. The molecule has 184 valence electrons. The van der Waals surface area contributed by atoms with Crippen LogP contribution in [0.25, 0.3) is 0 Å². The number of rotatable bonds is 3. The highest BCUT2D eigenvalue weighted by atomic mass is 16.7. The van der Waals surface area contributed by atoms with Crippen molar-refractivity contribution in [3.63, 3.8) is 0 Å². The Labute approximate surface area is 200 Å². The van der Waals surface area contributed by atoms with E-state index in [2.05, 4.69) is 26.5 Å². The van der Waals surface area contributed by atoms with E-state index in [1.165, 1.54) is 50.5 Å². The normalized spacial score (nSPS) is 51.8. The van der Waals surface area contributed by atoms with Crippen molar-refractivity contribution in [3.8, 4) is 0 Å². The monoisotopic (exact) mass is 456 g/mol. The van der Waals surface area contributed by atoms with Crippen LogP contribution in [0.2, 0.25) is 0 Å². The Hall–Kier alpha value is -0.840. The summed E-state index contributed by atoms with van der Waals surface area (Å²) in [6.45, 7) is 9.42. The maximum Gasteiger partial charge on any atom is 0.158 e. The molecule has 2 aliphatic heterocycles. The van der Waals surface area contributed by atoms with Crippen molar-refractivity contribution in [3.05, 3.63) is 24.0 Å². The first-order valence-corrected chi connectivity index (χ1v) is 13.9. The second-order valence-electron chi connectivity index (χ2n) is 12.6. The summed E-state index contributed by atoms with van der Waals surface area (Å²) in [4.78, 5) is 0. The molecule has 0 aromatic rings. The molecule has 5 fully saturated rings. The van der Waals surface area contributed by atoms with Gasteiger partial charge in [0, 0.05) is 0 Å². The van der Waals surface area contributed by atoms with E-state index in [1.54, 1.807) is 0 Å². The predicted molar refractivity (Wildman–Crippen MR) is 128 cm³/mol.